The summed E-state index contributed by atoms with van der Waals surface area (Å²) in [5.74, 6) is 0.547. The van der Waals surface area contributed by atoms with Gasteiger partial charge in [-0.25, -0.2) is 4.68 Å². The zero-order chi connectivity index (χ0) is 18.7. The van der Waals surface area contributed by atoms with Crippen LogP contribution in [0.25, 0.3) is 11.4 Å². The van der Waals surface area contributed by atoms with Crippen LogP contribution in [0.2, 0.25) is 0 Å². The molecule has 26 heavy (non-hydrogen) atoms. The van der Waals surface area contributed by atoms with Crippen molar-refractivity contribution in [1.29, 1.82) is 0 Å². The molecule has 0 saturated heterocycles. The van der Waals surface area contributed by atoms with E-state index >= 15 is 0 Å². The lowest BCUT2D eigenvalue weighted by molar-refractivity contribution is -0.274. The first-order chi connectivity index (χ1) is 12.3. The molecule has 0 unspecified atom stereocenters. The van der Waals surface area contributed by atoms with Crippen LogP contribution in [0.4, 0.5) is 24.8 Å². The molecule has 1 heterocycles. The van der Waals surface area contributed by atoms with Gasteiger partial charge in [-0.15, -0.1) is 18.3 Å². The second kappa shape index (κ2) is 6.87. The zero-order valence-electron chi connectivity index (χ0n) is 13.5. The Hall–Kier alpha value is -3.36. The third kappa shape index (κ3) is 4.18. The lowest BCUT2D eigenvalue weighted by Crippen LogP contribution is -2.17. The molecule has 3 rings (SSSR count). The maximum atomic E-state index is 12.2. The van der Waals surface area contributed by atoms with Crippen LogP contribution < -0.4 is 10.1 Å². The molecule has 0 fully saturated rings. The lowest BCUT2D eigenvalue weighted by Gasteiger charge is -2.09. The van der Waals surface area contributed by atoms with Gasteiger partial charge in [0, 0.05) is 23.9 Å². The Bertz CT molecular complexity index is 903. The molecule has 0 radical (unpaired) electrons. The molecule has 0 saturated carbocycles. The van der Waals surface area contributed by atoms with E-state index in [0.29, 0.717) is 23.0 Å². The van der Waals surface area contributed by atoms with Crippen LogP contribution in [-0.4, -0.2) is 27.4 Å². The summed E-state index contributed by atoms with van der Waals surface area (Å²) in [5.41, 5.74) is 1.80. The molecule has 0 atom stereocenters. The highest BCUT2D eigenvalue weighted by molar-refractivity contribution is 5.76. The van der Waals surface area contributed by atoms with Gasteiger partial charge < -0.3 is 10.1 Å². The second-order valence-corrected chi connectivity index (χ2v) is 5.32. The average molecular weight is 362 g/mol. The van der Waals surface area contributed by atoms with Crippen LogP contribution in [0.3, 0.4) is 0 Å². The second-order valence-electron chi connectivity index (χ2n) is 5.32. The molecule has 0 spiro atoms. The van der Waals surface area contributed by atoms with E-state index in [1.54, 1.807) is 31.3 Å². The Morgan fingerprint density at radius 2 is 1.73 bits per heavy atom. The first-order valence-electron chi connectivity index (χ1n) is 7.43. The number of rotatable bonds is 5. The molecule has 1 aromatic heterocycles. The fraction of sp³-hybridized carbons (Fsp3) is 0.118. The van der Waals surface area contributed by atoms with Gasteiger partial charge in [-0.3, -0.25) is 4.79 Å². The Kier molecular flexibility index (Phi) is 4.61. The molecule has 0 aliphatic rings. The zero-order valence-corrected chi connectivity index (χ0v) is 13.5. The number of aldehydes is 1. The van der Waals surface area contributed by atoms with Crippen LogP contribution in [0.5, 0.6) is 5.75 Å². The first-order valence-corrected chi connectivity index (χ1v) is 7.43. The summed E-state index contributed by atoms with van der Waals surface area (Å²) in [7, 11) is 1.68. The minimum absolute atomic E-state index is 0.308. The quantitative estimate of drug-likeness (QED) is 0.697. The molecule has 0 bridgehead atoms. The van der Waals surface area contributed by atoms with E-state index in [1.807, 2.05) is 0 Å². The van der Waals surface area contributed by atoms with Gasteiger partial charge in [0.1, 0.15) is 12.0 Å². The van der Waals surface area contributed by atoms with Crippen molar-refractivity contribution in [2.45, 2.75) is 6.36 Å². The Balaban J connectivity index is 1.76. The maximum absolute atomic E-state index is 12.2. The number of benzene rings is 2. The summed E-state index contributed by atoms with van der Waals surface area (Å²) < 4.78 is 41.9. The summed E-state index contributed by atoms with van der Waals surface area (Å²) in [4.78, 5) is 15.1. The van der Waals surface area contributed by atoms with Crippen molar-refractivity contribution >= 4 is 17.9 Å². The highest BCUT2D eigenvalue weighted by atomic mass is 19.4. The van der Waals surface area contributed by atoms with Crippen LogP contribution in [0.1, 0.15) is 10.4 Å². The molecule has 0 aliphatic carbocycles. The molecule has 0 aliphatic heterocycles. The van der Waals surface area contributed by atoms with Gasteiger partial charge >= 0.3 is 6.36 Å². The minimum Gasteiger partial charge on any atom is -0.406 e. The standard InChI is InChI=1S/C17H13F3N4O2/c1-24-16(21-13-6-8-14(9-7-13)26-17(18,19)20)22-15(23-24)12-4-2-11(10-25)3-5-12/h2-10H,1H3,(H,21,22,23). The first kappa shape index (κ1) is 17.5. The summed E-state index contributed by atoms with van der Waals surface area (Å²) in [5, 5.41) is 7.25. The number of hydrogen-bond acceptors (Lipinski definition) is 5. The SMILES string of the molecule is Cn1nc(-c2ccc(C=O)cc2)nc1Nc1ccc(OC(F)(F)F)cc1. The van der Waals surface area contributed by atoms with E-state index in [2.05, 4.69) is 20.1 Å². The van der Waals surface area contributed by atoms with Crippen LogP contribution in [0.15, 0.2) is 48.5 Å². The largest absolute Gasteiger partial charge is 0.573 e. The van der Waals surface area contributed by atoms with Crippen molar-refractivity contribution in [2.75, 3.05) is 5.32 Å². The molecule has 9 heteroatoms. The summed E-state index contributed by atoms with van der Waals surface area (Å²) in [6.45, 7) is 0. The van der Waals surface area contributed by atoms with Gasteiger partial charge in [0.2, 0.25) is 5.95 Å². The van der Waals surface area contributed by atoms with Crippen LogP contribution in [-0.2, 0) is 7.05 Å². The predicted octanol–water partition coefficient (Wildman–Crippen LogP) is 3.94. The number of hydrogen-bond donors (Lipinski definition) is 1. The molecule has 1 N–H and O–H groups in total. The molecular formula is C17H13F3N4O2. The van der Waals surface area contributed by atoms with E-state index in [9.17, 15) is 18.0 Å². The maximum Gasteiger partial charge on any atom is 0.573 e. The number of ether oxygens (including phenoxy) is 1. The number of aryl methyl sites for hydroxylation is 1. The van der Waals surface area contributed by atoms with E-state index in [-0.39, 0.29) is 5.75 Å². The molecule has 6 nitrogen and oxygen atoms in total. The Morgan fingerprint density at radius 3 is 2.31 bits per heavy atom. The van der Waals surface area contributed by atoms with Crippen LogP contribution >= 0.6 is 0 Å². The van der Waals surface area contributed by atoms with Crippen molar-refractivity contribution in [3.8, 4) is 17.1 Å². The fourth-order valence-electron chi connectivity index (χ4n) is 2.20. The van der Waals surface area contributed by atoms with Gasteiger partial charge in [0.15, 0.2) is 5.82 Å². The van der Waals surface area contributed by atoms with Crippen molar-refractivity contribution in [3.63, 3.8) is 0 Å². The van der Waals surface area contributed by atoms with Gasteiger partial charge in [-0.2, -0.15) is 4.98 Å². The number of carbonyl (C=O) groups is 1. The normalized spacial score (nSPS) is 11.2. The van der Waals surface area contributed by atoms with Crippen molar-refractivity contribution < 1.29 is 22.7 Å². The predicted molar refractivity (Wildman–Crippen MR) is 88.2 cm³/mol. The fourth-order valence-corrected chi connectivity index (χ4v) is 2.20. The Labute approximate surface area is 146 Å². The molecular weight excluding hydrogens is 349 g/mol. The van der Waals surface area contributed by atoms with E-state index in [0.717, 1.165) is 11.8 Å². The van der Waals surface area contributed by atoms with E-state index in [4.69, 9.17) is 0 Å². The van der Waals surface area contributed by atoms with Crippen molar-refractivity contribution in [3.05, 3.63) is 54.1 Å². The van der Waals surface area contributed by atoms with Crippen LogP contribution in [0, 0.1) is 0 Å². The number of aromatic nitrogens is 3. The van der Waals surface area contributed by atoms with E-state index in [1.165, 1.54) is 28.9 Å². The highest BCUT2D eigenvalue weighted by Gasteiger charge is 2.30. The monoisotopic (exact) mass is 362 g/mol. The highest BCUT2D eigenvalue weighted by Crippen LogP contribution is 2.25. The van der Waals surface area contributed by atoms with Crippen molar-refractivity contribution in [2.24, 2.45) is 7.05 Å². The number of carbonyl (C=O) groups excluding carboxylic acids is 1. The van der Waals surface area contributed by atoms with Gasteiger partial charge in [-0.05, 0) is 24.3 Å². The van der Waals surface area contributed by atoms with Gasteiger partial charge in [-0.1, -0.05) is 24.3 Å². The minimum atomic E-state index is -4.73. The lowest BCUT2D eigenvalue weighted by atomic mass is 10.1. The van der Waals surface area contributed by atoms with Crippen molar-refractivity contribution in [1.82, 2.24) is 14.8 Å². The number of nitrogens with one attached hydrogen (secondary N) is 1. The molecule has 3 aromatic rings. The number of anilines is 2. The number of alkyl halides is 3. The van der Waals surface area contributed by atoms with Gasteiger partial charge in [0.05, 0.1) is 0 Å². The molecule has 134 valence electrons. The number of nitrogens with zero attached hydrogens (tertiary/aromatic N) is 3. The third-order valence-corrected chi connectivity index (χ3v) is 3.41. The molecule has 2 aromatic carbocycles. The third-order valence-electron chi connectivity index (χ3n) is 3.41. The summed E-state index contributed by atoms with van der Waals surface area (Å²) in [6.07, 6.45) is -3.98. The van der Waals surface area contributed by atoms with Gasteiger partial charge in [0.25, 0.3) is 0 Å². The number of halogens is 3. The Morgan fingerprint density at radius 1 is 1.08 bits per heavy atom. The molecule has 0 amide bonds. The average Bonchev–Trinajstić information content (AvgIpc) is 2.96. The van der Waals surface area contributed by atoms with E-state index < -0.39 is 6.36 Å². The summed E-state index contributed by atoms with van der Waals surface area (Å²) in [6, 6.07) is 12.0. The smallest absolute Gasteiger partial charge is 0.406 e. The summed E-state index contributed by atoms with van der Waals surface area (Å²) >= 11 is 0. The topological polar surface area (TPSA) is 69.0 Å².